The molecule has 6 aliphatic rings. The summed E-state index contributed by atoms with van der Waals surface area (Å²) in [6, 6.07) is 23.2. The third kappa shape index (κ3) is 11.1. The molecule has 3 aromatic carbocycles. The minimum Gasteiger partial charge on any atom is -0.504 e. The van der Waals surface area contributed by atoms with Crippen LogP contribution in [0.1, 0.15) is 105 Å². The van der Waals surface area contributed by atoms with Gasteiger partial charge in [0.15, 0.2) is 24.1 Å². The van der Waals surface area contributed by atoms with Crippen molar-refractivity contribution in [2.24, 2.45) is 46.7 Å². The minimum absolute atomic E-state index is 0.0259. The van der Waals surface area contributed by atoms with E-state index in [2.05, 4.69) is 88.8 Å². The quantitative estimate of drug-likeness (QED) is 0.0320. The number of aromatic hydroxyl groups is 1. The van der Waals surface area contributed by atoms with Gasteiger partial charge in [0.05, 0.1) is 12.6 Å². The van der Waals surface area contributed by atoms with Crippen molar-refractivity contribution >= 4 is 17.6 Å². The molecule has 9 atom stereocenters. The largest absolute Gasteiger partial charge is 0.504 e. The topological polar surface area (TPSA) is 146 Å². The number of dihydropyridines is 1. The first kappa shape index (κ1) is 46.3. The van der Waals surface area contributed by atoms with Gasteiger partial charge in [-0.1, -0.05) is 79.2 Å². The van der Waals surface area contributed by atoms with Gasteiger partial charge in [0.2, 0.25) is 0 Å². The summed E-state index contributed by atoms with van der Waals surface area (Å²) in [7, 11) is 0. The van der Waals surface area contributed by atoms with Crippen LogP contribution in [0.2, 0.25) is 0 Å². The van der Waals surface area contributed by atoms with Crippen molar-refractivity contribution in [1.82, 2.24) is 16.0 Å². The van der Waals surface area contributed by atoms with Crippen molar-refractivity contribution in [3.8, 4) is 11.5 Å². The second-order valence-corrected chi connectivity index (χ2v) is 20.7. The predicted octanol–water partition coefficient (Wildman–Crippen LogP) is 8.68. The Kier molecular flexibility index (Phi) is 15.0. The Labute approximate surface area is 392 Å². The normalized spacial score (nSPS) is 29.2. The fourth-order valence-corrected chi connectivity index (χ4v) is 13.5. The summed E-state index contributed by atoms with van der Waals surface area (Å²) >= 11 is 0. The van der Waals surface area contributed by atoms with Crippen LogP contribution in [0.25, 0.3) is 6.08 Å². The number of rotatable bonds is 18. The Bertz CT molecular complexity index is 2300. The molecule has 3 aliphatic carbocycles. The zero-order chi connectivity index (χ0) is 45.5. The lowest BCUT2D eigenvalue weighted by molar-refractivity contribution is -0.126. The Hall–Kier alpha value is -4.80. The molecule has 0 radical (unpaired) electrons. The monoisotopic (exact) mass is 893 g/mol. The molecule has 9 nitrogen and oxygen atoms in total. The smallest absolute Gasteiger partial charge is 0.186 e. The number of ether oxygens (including phenoxy) is 1. The number of aliphatic hydroxyl groups is 1. The van der Waals surface area contributed by atoms with Gasteiger partial charge in [0, 0.05) is 25.2 Å². The molecule has 0 aromatic heterocycles. The molecule has 9 rings (SSSR count). The van der Waals surface area contributed by atoms with E-state index < -0.39 is 6.79 Å². The molecule has 3 aromatic rings. The molecule has 3 saturated carbocycles. The number of carbonyl (C=O) groups is 2. The molecular formula is C57H72N4O5. The highest BCUT2D eigenvalue weighted by Gasteiger charge is 2.53. The standard InChI is InChI=1S/C57H72N4O5/c58-55-31-43(17-15-40-10-4-9-39(25-40)14-13-38-7-2-1-3-8-38)46(36-61-55)28-45-29-53(65)54(66-37-62)30-42(45)18-20-49(63)32-50(64)26-41-16-19-48-12-5-22-57(48,33-41)34-52-51-21-24-59-35-47(51)27-44-11-6-23-60-56(44)52/h1-4,6-11,18,20,25,29-31,36,41,44,47-48,51-52,55-56,59-62,65H,5,12-17,19,21-24,26-28,32-35,37,58H2/b20-18+/t41-,44-,47-,48-,51+,52+,55?,56+,57+/m0/s1. The molecule has 4 fully saturated rings. The number of nitrogens with two attached hydrogens (primary N) is 1. The lowest BCUT2D eigenvalue weighted by Gasteiger charge is -2.54. The summed E-state index contributed by atoms with van der Waals surface area (Å²) in [4.78, 5) is 27.3. The number of allylic oxidation sites excluding steroid dienone is 3. The van der Waals surface area contributed by atoms with Crippen LogP contribution in [-0.4, -0.2) is 60.4 Å². The first-order valence-corrected chi connectivity index (χ1v) is 25.2. The van der Waals surface area contributed by atoms with E-state index >= 15 is 0 Å². The summed E-state index contributed by atoms with van der Waals surface area (Å²) in [5.41, 5.74) is 14.2. The number of phenolic OH excluding ortho intramolecular Hbond substituents is 1. The second kappa shape index (κ2) is 21.4. The number of nitrogens with one attached hydrogen (secondary N) is 3. The van der Waals surface area contributed by atoms with Gasteiger partial charge in [-0.2, -0.15) is 0 Å². The number of Topliss-reactive ketones (excluding diaryl/α,β-unsaturated/α-hetero) is 1. The lowest BCUT2D eigenvalue weighted by Crippen LogP contribution is -2.57. The molecule has 3 aliphatic heterocycles. The number of hydrogen-bond donors (Lipinski definition) is 6. The van der Waals surface area contributed by atoms with Gasteiger partial charge in [-0.3, -0.25) is 9.59 Å². The van der Waals surface area contributed by atoms with Gasteiger partial charge in [0.25, 0.3) is 0 Å². The van der Waals surface area contributed by atoms with Gasteiger partial charge in [-0.05, 0) is 201 Å². The summed E-state index contributed by atoms with van der Waals surface area (Å²) in [5.74, 6) is 3.72. The van der Waals surface area contributed by atoms with Crippen LogP contribution in [0.4, 0.5) is 0 Å². The Morgan fingerprint density at radius 2 is 1.74 bits per heavy atom. The molecule has 3 heterocycles. The number of carbonyl (C=O) groups excluding carboxylic acids is 2. The maximum Gasteiger partial charge on any atom is 0.186 e. The number of hydrogen-bond acceptors (Lipinski definition) is 9. The van der Waals surface area contributed by atoms with Crippen LogP contribution in [0.3, 0.4) is 0 Å². The fraction of sp³-hybridized carbons (Fsp3) is 0.509. The Morgan fingerprint density at radius 1 is 0.924 bits per heavy atom. The molecule has 1 saturated heterocycles. The van der Waals surface area contributed by atoms with Crippen molar-refractivity contribution in [1.29, 1.82) is 0 Å². The number of piperidine rings is 1. The SMILES string of the molecule is NC1C=C(CCc2cccc(CCc3ccccc3)c2)C(Cc2cc(O)c(OCO)cc2/C=C/C(=O)CC(=O)C[C@@H]2CC[C@@H]3CCC[C@]3(C[C@@H]3[C@@H]4CCNC[C@@H]4C[C@@H]4C=CCN[C@@H]34)C2)=CN1. The molecule has 0 amide bonds. The summed E-state index contributed by atoms with van der Waals surface area (Å²) in [6.07, 6.45) is 27.3. The average Bonchev–Trinajstić information content (AvgIpc) is 3.74. The number of aliphatic hydroxyl groups excluding tert-OH is 1. The minimum atomic E-state index is -0.603. The molecule has 350 valence electrons. The van der Waals surface area contributed by atoms with E-state index in [1.165, 1.54) is 67.7 Å². The summed E-state index contributed by atoms with van der Waals surface area (Å²) in [5, 5.41) is 31.5. The molecule has 0 bridgehead atoms. The molecule has 7 N–H and O–H groups in total. The van der Waals surface area contributed by atoms with Gasteiger partial charge < -0.3 is 36.6 Å². The van der Waals surface area contributed by atoms with Gasteiger partial charge in [-0.15, -0.1) is 0 Å². The molecule has 1 unspecified atom stereocenters. The van der Waals surface area contributed by atoms with Gasteiger partial charge in [0.1, 0.15) is 5.78 Å². The summed E-state index contributed by atoms with van der Waals surface area (Å²) < 4.78 is 5.36. The van der Waals surface area contributed by atoms with E-state index in [9.17, 15) is 19.8 Å². The highest BCUT2D eigenvalue weighted by atomic mass is 16.6. The van der Waals surface area contributed by atoms with Gasteiger partial charge in [-0.25, -0.2) is 0 Å². The van der Waals surface area contributed by atoms with E-state index in [0.717, 1.165) is 92.6 Å². The van der Waals surface area contributed by atoms with Crippen molar-refractivity contribution < 1.29 is 24.5 Å². The van der Waals surface area contributed by atoms with Crippen LogP contribution in [0.15, 0.2) is 108 Å². The number of aryl methyl sites for hydroxylation is 3. The van der Waals surface area contributed by atoms with Crippen molar-refractivity contribution in [2.75, 3.05) is 26.4 Å². The first-order valence-electron chi connectivity index (χ1n) is 25.2. The number of fused-ring (bicyclic) bond motifs is 3. The van der Waals surface area contributed by atoms with Crippen LogP contribution < -0.4 is 26.4 Å². The molecule has 9 heteroatoms. The van der Waals surface area contributed by atoms with E-state index in [-0.39, 0.29) is 35.7 Å². The number of phenols is 1. The summed E-state index contributed by atoms with van der Waals surface area (Å²) in [6.45, 7) is 2.65. The Balaban J connectivity index is 0.836. The first-order chi connectivity index (χ1) is 32.2. The molecular weight excluding hydrogens is 821 g/mol. The van der Waals surface area contributed by atoms with E-state index in [1.54, 1.807) is 18.2 Å². The fourth-order valence-electron chi connectivity index (χ4n) is 13.5. The van der Waals surface area contributed by atoms with E-state index in [0.29, 0.717) is 47.6 Å². The highest BCUT2D eigenvalue weighted by molar-refractivity contribution is 6.06. The maximum atomic E-state index is 13.8. The zero-order valence-electron chi connectivity index (χ0n) is 38.8. The van der Waals surface area contributed by atoms with Crippen LogP contribution in [0.5, 0.6) is 11.5 Å². The van der Waals surface area contributed by atoms with Gasteiger partial charge >= 0.3 is 0 Å². The van der Waals surface area contributed by atoms with Crippen LogP contribution in [0, 0.1) is 40.9 Å². The highest BCUT2D eigenvalue weighted by Crippen LogP contribution is 2.60. The van der Waals surface area contributed by atoms with E-state index in [1.807, 2.05) is 6.20 Å². The third-order valence-corrected chi connectivity index (χ3v) is 16.5. The second-order valence-electron chi connectivity index (χ2n) is 20.7. The number of ketones is 2. The lowest BCUT2D eigenvalue weighted by atomic mass is 9.54. The Morgan fingerprint density at radius 3 is 2.59 bits per heavy atom. The maximum absolute atomic E-state index is 13.8. The van der Waals surface area contributed by atoms with Crippen molar-refractivity contribution in [3.05, 3.63) is 136 Å². The van der Waals surface area contributed by atoms with E-state index in [4.69, 9.17) is 10.5 Å². The van der Waals surface area contributed by atoms with Crippen LogP contribution >= 0.6 is 0 Å². The van der Waals surface area contributed by atoms with Crippen molar-refractivity contribution in [2.45, 2.75) is 115 Å². The molecule has 66 heavy (non-hydrogen) atoms. The predicted molar refractivity (Wildman–Crippen MR) is 262 cm³/mol. The average molecular weight is 893 g/mol. The zero-order valence-corrected chi connectivity index (χ0v) is 38.8. The number of benzene rings is 3. The third-order valence-electron chi connectivity index (χ3n) is 16.5. The molecule has 0 spiro atoms. The van der Waals surface area contributed by atoms with Crippen molar-refractivity contribution in [3.63, 3.8) is 0 Å². The van der Waals surface area contributed by atoms with Crippen LogP contribution in [-0.2, 0) is 35.3 Å².